The number of hydrogen-bond acceptors (Lipinski definition) is 1. The number of amides is 1. The first-order chi connectivity index (χ1) is 6.22. The van der Waals surface area contributed by atoms with E-state index in [2.05, 4.69) is 21.2 Å². The van der Waals surface area contributed by atoms with Crippen molar-refractivity contribution < 1.29 is 4.79 Å². The molecule has 0 radical (unpaired) electrons. The first-order valence-corrected chi connectivity index (χ1v) is 6.27. The molecule has 1 atom stereocenters. The van der Waals surface area contributed by atoms with Gasteiger partial charge in [0.2, 0.25) is 0 Å². The van der Waals surface area contributed by atoms with Crippen LogP contribution in [0.25, 0.3) is 0 Å². The molecule has 70 valence electrons. The van der Waals surface area contributed by atoms with Crippen LogP contribution in [0, 0.1) is 0 Å². The van der Waals surface area contributed by atoms with Crippen LogP contribution < -0.4 is 9.67 Å². The van der Waals surface area contributed by atoms with Crippen LogP contribution in [0.5, 0.6) is 0 Å². The van der Waals surface area contributed by atoms with Crippen molar-refractivity contribution in [2.45, 2.75) is 6.42 Å². The monoisotopic (exact) mass is 303 g/mol. The van der Waals surface area contributed by atoms with Gasteiger partial charge in [0.1, 0.15) is 0 Å². The second-order valence-corrected chi connectivity index (χ2v) is 4.80. The van der Waals surface area contributed by atoms with Crippen molar-refractivity contribution in [3.05, 3.63) is 24.3 Å². The number of halogens is 1. The maximum absolute atomic E-state index is 11.2. The molecular weight excluding hydrogens is 293 g/mol. The predicted octanol–water partition coefficient (Wildman–Crippen LogP) is 0.668. The first-order valence-electron chi connectivity index (χ1n) is 3.93. The van der Waals surface area contributed by atoms with Gasteiger partial charge in [-0.05, 0) is 0 Å². The molecule has 2 nitrogen and oxygen atoms in total. The van der Waals surface area contributed by atoms with E-state index in [9.17, 15) is 4.79 Å². The normalized spacial score (nSPS) is 9.69. The third kappa shape index (κ3) is 3.97. The van der Waals surface area contributed by atoms with Crippen LogP contribution in [0.3, 0.4) is 0 Å². The third-order valence-corrected chi connectivity index (χ3v) is 2.72. The van der Waals surface area contributed by atoms with Crippen LogP contribution in [0.1, 0.15) is 6.42 Å². The Morgan fingerprint density at radius 2 is 2.00 bits per heavy atom. The van der Waals surface area contributed by atoms with E-state index >= 15 is 0 Å². The van der Waals surface area contributed by atoms with Gasteiger partial charge < -0.3 is 0 Å². The number of carbonyl (C=O) groups is 1. The van der Waals surface area contributed by atoms with Crippen molar-refractivity contribution in [2.24, 2.45) is 0 Å². The zero-order valence-electron chi connectivity index (χ0n) is 7.09. The van der Waals surface area contributed by atoms with Crippen molar-refractivity contribution in [1.82, 2.24) is 0 Å². The molecule has 1 unspecified atom stereocenters. The fourth-order valence-corrected chi connectivity index (χ4v) is 1.64. The average molecular weight is 304 g/mol. The Hall–Kier alpha value is -0.272. The maximum atomic E-state index is 11.2. The quantitative estimate of drug-likeness (QED) is 0.645. The average Bonchev–Trinajstić information content (AvgIpc) is 2.09. The molecule has 1 amide bonds. The van der Waals surface area contributed by atoms with Gasteiger partial charge >= 0.3 is 94.9 Å². The van der Waals surface area contributed by atoms with Gasteiger partial charge in [0.15, 0.2) is 0 Å². The molecule has 1 N–H and O–H groups in total. The zero-order chi connectivity index (χ0) is 9.68. The number of hydrogen-bond donors (Lipinski definition) is 1. The van der Waals surface area contributed by atoms with Gasteiger partial charge in [-0.15, -0.1) is 0 Å². The van der Waals surface area contributed by atoms with E-state index in [-0.39, 0.29) is 5.91 Å². The Kier molecular flexibility index (Phi) is 4.54. The van der Waals surface area contributed by atoms with E-state index in [4.69, 9.17) is 0 Å². The molecule has 4 heteroatoms. The molecule has 0 aliphatic carbocycles. The summed E-state index contributed by atoms with van der Waals surface area (Å²) < 4.78 is 1.26. The molecule has 1 aromatic rings. The van der Waals surface area contributed by atoms with Gasteiger partial charge in [-0.3, -0.25) is 0 Å². The van der Waals surface area contributed by atoms with Crippen molar-refractivity contribution >= 4 is 48.7 Å². The summed E-state index contributed by atoms with van der Waals surface area (Å²) in [6.45, 7) is 0. The Morgan fingerprint density at radius 1 is 1.38 bits per heavy atom. The van der Waals surface area contributed by atoms with Gasteiger partial charge in [-0.1, -0.05) is 0 Å². The number of nitrogens with one attached hydrogen (secondary N) is 1. The SMILES string of the molecule is O=C(CCBr)Nc1ccc([AsH2])cc1. The van der Waals surface area contributed by atoms with Gasteiger partial charge in [0, 0.05) is 0 Å². The second-order valence-electron chi connectivity index (χ2n) is 2.61. The molecule has 0 fully saturated rings. The fourth-order valence-electron chi connectivity index (χ4n) is 0.876. The van der Waals surface area contributed by atoms with Gasteiger partial charge in [-0.2, -0.15) is 0 Å². The molecule has 0 aromatic heterocycles. The van der Waals surface area contributed by atoms with E-state index in [0.29, 0.717) is 11.8 Å². The second kappa shape index (κ2) is 5.46. The van der Waals surface area contributed by atoms with Crippen molar-refractivity contribution in [1.29, 1.82) is 0 Å². The minimum atomic E-state index is 0.0474. The summed E-state index contributed by atoms with van der Waals surface area (Å²) in [5, 5.41) is 3.51. The van der Waals surface area contributed by atoms with Crippen LogP contribution in [0.4, 0.5) is 5.69 Å². The number of carbonyl (C=O) groups excluding carboxylic acids is 1. The number of anilines is 1. The summed E-state index contributed by atoms with van der Waals surface area (Å²) in [5.74, 6) is 0.0474. The molecule has 1 aromatic carbocycles. The van der Waals surface area contributed by atoms with Crippen LogP contribution in [0.15, 0.2) is 24.3 Å². The fraction of sp³-hybridized carbons (Fsp3) is 0.222. The van der Waals surface area contributed by atoms with Crippen molar-refractivity contribution in [3.8, 4) is 0 Å². The number of benzene rings is 1. The Bertz CT molecular complexity index is 286. The zero-order valence-corrected chi connectivity index (χ0v) is 11.1. The molecule has 0 heterocycles. The number of alkyl halides is 1. The molecule has 0 saturated carbocycles. The summed E-state index contributed by atoms with van der Waals surface area (Å²) >= 11 is 4.80. The standard InChI is InChI=1S/C9H11AsBrNO/c10-7-1-3-8(4-2-7)12-9(13)5-6-11/h1-4H,5-6,10H2,(H,12,13). The van der Waals surface area contributed by atoms with Crippen LogP contribution in [-0.2, 0) is 4.79 Å². The molecule has 1 rings (SSSR count). The van der Waals surface area contributed by atoms with Crippen LogP contribution in [0.2, 0.25) is 0 Å². The Labute approximate surface area is 94.7 Å². The topological polar surface area (TPSA) is 29.1 Å². The van der Waals surface area contributed by atoms with Gasteiger partial charge in [0.05, 0.1) is 0 Å². The summed E-state index contributed by atoms with van der Waals surface area (Å²) in [6, 6.07) is 7.85. The summed E-state index contributed by atoms with van der Waals surface area (Å²) in [5.41, 5.74) is 0.868. The van der Waals surface area contributed by atoms with E-state index in [1.807, 2.05) is 24.3 Å². The van der Waals surface area contributed by atoms with Crippen molar-refractivity contribution in [2.75, 3.05) is 10.6 Å². The van der Waals surface area contributed by atoms with E-state index in [0.717, 1.165) is 5.69 Å². The van der Waals surface area contributed by atoms with Gasteiger partial charge in [0.25, 0.3) is 0 Å². The van der Waals surface area contributed by atoms with E-state index < -0.39 is 0 Å². The third-order valence-electron chi connectivity index (χ3n) is 1.52. The molecule has 13 heavy (non-hydrogen) atoms. The minimum absolute atomic E-state index is 0.0474. The Balaban J connectivity index is 2.54. The van der Waals surface area contributed by atoms with E-state index in [1.54, 1.807) is 16.9 Å². The Morgan fingerprint density at radius 3 is 2.54 bits per heavy atom. The molecule has 0 aliphatic heterocycles. The van der Waals surface area contributed by atoms with Crippen molar-refractivity contribution in [3.63, 3.8) is 0 Å². The van der Waals surface area contributed by atoms with Crippen LogP contribution in [-0.4, -0.2) is 28.1 Å². The molecule has 0 saturated heterocycles. The summed E-state index contributed by atoms with van der Waals surface area (Å²) in [7, 11) is 0. The number of rotatable bonds is 3. The summed E-state index contributed by atoms with van der Waals surface area (Å²) in [4.78, 5) is 11.2. The molecule has 0 bridgehead atoms. The molecule has 0 aliphatic rings. The first kappa shape index (κ1) is 10.8. The summed E-state index contributed by atoms with van der Waals surface area (Å²) in [6.07, 6.45) is 0.512. The van der Waals surface area contributed by atoms with Crippen LogP contribution >= 0.6 is 15.9 Å². The predicted molar refractivity (Wildman–Crippen MR) is 61.7 cm³/mol. The van der Waals surface area contributed by atoms with Gasteiger partial charge in [-0.25, -0.2) is 0 Å². The molecule has 0 spiro atoms. The van der Waals surface area contributed by atoms with E-state index in [1.165, 1.54) is 4.35 Å². The molecular formula is C9H11AsBrNO.